The minimum absolute atomic E-state index is 0.0416. The van der Waals surface area contributed by atoms with E-state index in [4.69, 9.17) is 4.74 Å². The van der Waals surface area contributed by atoms with Crippen molar-refractivity contribution in [3.8, 4) is 11.5 Å². The van der Waals surface area contributed by atoms with Crippen molar-refractivity contribution >= 4 is 11.6 Å². The van der Waals surface area contributed by atoms with Gasteiger partial charge in [-0.1, -0.05) is 18.2 Å². The number of hydrogen-bond acceptors (Lipinski definition) is 4. The Morgan fingerprint density at radius 2 is 1.95 bits per heavy atom. The molecule has 3 rings (SSSR count). The summed E-state index contributed by atoms with van der Waals surface area (Å²) in [6.07, 6.45) is -0.380. The number of nitrogens with one attached hydrogen (secondary N) is 2. The van der Waals surface area contributed by atoms with Gasteiger partial charge in [0.25, 0.3) is 5.91 Å². The quantitative estimate of drug-likeness (QED) is 0.782. The lowest BCUT2D eigenvalue weighted by Crippen LogP contribution is -2.38. The van der Waals surface area contributed by atoms with Crippen molar-refractivity contribution in [3.05, 3.63) is 53.6 Å². The molecule has 1 aliphatic rings. The topological polar surface area (TPSA) is 70.6 Å². The van der Waals surface area contributed by atoms with Crippen LogP contribution < -0.4 is 15.4 Å². The summed E-state index contributed by atoms with van der Waals surface area (Å²) < 4.78 is 5.01. The van der Waals surface area contributed by atoms with E-state index in [0.29, 0.717) is 11.3 Å². The summed E-state index contributed by atoms with van der Waals surface area (Å²) in [5, 5.41) is 15.9. The first kappa shape index (κ1) is 12.3. The van der Waals surface area contributed by atoms with Crippen molar-refractivity contribution in [2.45, 2.75) is 6.17 Å². The van der Waals surface area contributed by atoms with Gasteiger partial charge >= 0.3 is 0 Å². The molecule has 1 atom stereocenters. The molecule has 0 aromatic heterocycles. The summed E-state index contributed by atoms with van der Waals surface area (Å²) in [6, 6.07) is 12.3. The van der Waals surface area contributed by atoms with E-state index in [1.807, 2.05) is 18.2 Å². The van der Waals surface area contributed by atoms with E-state index in [9.17, 15) is 9.90 Å². The lowest BCUT2D eigenvalue weighted by Gasteiger charge is -2.28. The van der Waals surface area contributed by atoms with Crippen LogP contribution in [0.4, 0.5) is 5.69 Å². The maximum atomic E-state index is 12.0. The summed E-state index contributed by atoms with van der Waals surface area (Å²) in [4.78, 5) is 12.0. The molecular formula is C15H14N2O3. The van der Waals surface area contributed by atoms with E-state index in [2.05, 4.69) is 10.6 Å². The van der Waals surface area contributed by atoms with Gasteiger partial charge in [-0.3, -0.25) is 4.79 Å². The first-order chi connectivity index (χ1) is 9.69. The maximum Gasteiger partial charge on any atom is 0.255 e. The second-order valence-electron chi connectivity index (χ2n) is 4.53. The highest BCUT2D eigenvalue weighted by Gasteiger charge is 2.24. The third kappa shape index (κ3) is 2.03. The number of methoxy groups -OCH3 is 1. The molecule has 0 unspecified atom stereocenters. The van der Waals surface area contributed by atoms with Crippen molar-refractivity contribution in [2.24, 2.45) is 0 Å². The van der Waals surface area contributed by atoms with Gasteiger partial charge in [0.05, 0.1) is 12.7 Å². The van der Waals surface area contributed by atoms with Gasteiger partial charge in [-0.05, 0) is 29.8 Å². The molecule has 0 aliphatic carbocycles. The number of para-hydroxylation sites is 1. The molecule has 1 amide bonds. The van der Waals surface area contributed by atoms with Gasteiger partial charge in [-0.25, -0.2) is 0 Å². The molecule has 0 saturated heterocycles. The molecule has 5 nitrogen and oxygen atoms in total. The predicted molar refractivity (Wildman–Crippen MR) is 74.9 cm³/mol. The number of benzene rings is 2. The molecule has 2 aromatic rings. The fourth-order valence-corrected chi connectivity index (χ4v) is 2.26. The Morgan fingerprint density at radius 1 is 1.15 bits per heavy atom. The van der Waals surface area contributed by atoms with Crippen LogP contribution in [-0.4, -0.2) is 18.1 Å². The Labute approximate surface area is 116 Å². The van der Waals surface area contributed by atoms with Crippen LogP contribution in [0.3, 0.4) is 0 Å². The summed E-state index contributed by atoms with van der Waals surface area (Å²) >= 11 is 0. The second-order valence-corrected chi connectivity index (χ2v) is 4.53. The fourth-order valence-electron chi connectivity index (χ4n) is 2.26. The SMILES string of the molecule is COc1ccc([C@H]2NC(=O)c3ccccc3N2)cc1O. The first-order valence-electron chi connectivity index (χ1n) is 6.22. The Balaban J connectivity index is 1.94. The van der Waals surface area contributed by atoms with Gasteiger partial charge in [0.2, 0.25) is 0 Å². The summed E-state index contributed by atoms with van der Waals surface area (Å²) in [7, 11) is 1.49. The van der Waals surface area contributed by atoms with Crippen LogP contribution in [0.15, 0.2) is 42.5 Å². The second kappa shape index (κ2) is 4.77. The first-order valence-corrected chi connectivity index (χ1v) is 6.22. The highest BCUT2D eigenvalue weighted by atomic mass is 16.5. The molecule has 102 valence electrons. The third-order valence-corrected chi connectivity index (χ3v) is 3.28. The van der Waals surface area contributed by atoms with E-state index in [1.54, 1.807) is 24.3 Å². The molecule has 3 N–H and O–H groups in total. The van der Waals surface area contributed by atoms with Crippen LogP contribution in [0.25, 0.3) is 0 Å². The van der Waals surface area contributed by atoms with Crippen molar-refractivity contribution in [2.75, 3.05) is 12.4 Å². The smallest absolute Gasteiger partial charge is 0.255 e. The Hall–Kier alpha value is -2.69. The van der Waals surface area contributed by atoms with Crippen LogP contribution in [0.5, 0.6) is 11.5 Å². The number of amides is 1. The number of carbonyl (C=O) groups is 1. The van der Waals surface area contributed by atoms with Crippen molar-refractivity contribution in [1.29, 1.82) is 0 Å². The average molecular weight is 270 g/mol. The average Bonchev–Trinajstić information content (AvgIpc) is 2.47. The zero-order valence-corrected chi connectivity index (χ0v) is 10.9. The molecule has 1 aliphatic heterocycles. The van der Waals surface area contributed by atoms with Crippen LogP contribution in [0, 0.1) is 0 Å². The Kier molecular flexibility index (Phi) is 2.95. The normalized spacial score (nSPS) is 16.9. The highest BCUT2D eigenvalue weighted by molar-refractivity contribution is 6.01. The molecule has 0 fully saturated rings. The lowest BCUT2D eigenvalue weighted by molar-refractivity contribution is 0.0935. The van der Waals surface area contributed by atoms with Gasteiger partial charge in [-0.2, -0.15) is 0 Å². The third-order valence-electron chi connectivity index (χ3n) is 3.28. The number of carbonyl (C=O) groups excluding carboxylic acids is 1. The van der Waals surface area contributed by atoms with Crippen LogP contribution in [0.1, 0.15) is 22.1 Å². The Bertz CT molecular complexity index is 670. The molecule has 5 heteroatoms. The van der Waals surface area contributed by atoms with Gasteiger partial charge in [0.15, 0.2) is 11.5 Å². The summed E-state index contributed by atoms with van der Waals surface area (Å²) in [6.45, 7) is 0. The monoisotopic (exact) mass is 270 g/mol. The lowest BCUT2D eigenvalue weighted by atomic mass is 10.1. The number of hydrogen-bond donors (Lipinski definition) is 3. The van der Waals surface area contributed by atoms with Gasteiger partial charge in [-0.15, -0.1) is 0 Å². The number of phenolic OH excluding ortho intramolecular Hbond substituents is 1. The van der Waals surface area contributed by atoms with Crippen molar-refractivity contribution < 1.29 is 14.6 Å². The number of anilines is 1. The van der Waals surface area contributed by atoms with Crippen LogP contribution in [-0.2, 0) is 0 Å². The molecule has 0 radical (unpaired) electrons. The van der Waals surface area contributed by atoms with Gasteiger partial charge < -0.3 is 20.5 Å². The van der Waals surface area contributed by atoms with Crippen molar-refractivity contribution in [3.63, 3.8) is 0 Å². The number of aromatic hydroxyl groups is 1. The van der Waals surface area contributed by atoms with Crippen LogP contribution in [0.2, 0.25) is 0 Å². The fraction of sp³-hybridized carbons (Fsp3) is 0.133. The van der Waals surface area contributed by atoms with Gasteiger partial charge in [0.1, 0.15) is 6.17 Å². The molecular weight excluding hydrogens is 256 g/mol. The number of rotatable bonds is 2. The zero-order valence-electron chi connectivity index (χ0n) is 10.9. The van der Waals surface area contributed by atoms with E-state index >= 15 is 0 Å². The molecule has 20 heavy (non-hydrogen) atoms. The number of ether oxygens (including phenoxy) is 1. The molecule has 0 spiro atoms. The number of phenols is 1. The molecule has 1 heterocycles. The molecule has 0 saturated carbocycles. The summed E-state index contributed by atoms with van der Waals surface area (Å²) in [5.41, 5.74) is 2.14. The zero-order chi connectivity index (χ0) is 14.1. The van der Waals surface area contributed by atoms with E-state index in [-0.39, 0.29) is 17.8 Å². The molecule has 2 aromatic carbocycles. The summed E-state index contributed by atoms with van der Waals surface area (Å²) in [5.74, 6) is 0.302. The Morgan fingerprint density at radius 3 is 2.70 bits per heavy atom. The number of fused-ring (bicyclic) bond motifs is 1. The minimum atomic E-state index is -0.380. The van der Waals surface area contributed by atoms with Gasteiger partial charge in [0, 0.05) is 5.69 Å². The standard InChI is InChI=1S/C15H14N2O3/c1-20-13-7-6-9(8-12(13)18)14-16-11-5-3-2-4-10(11)15(19)17-14/h2-8,14,16,18H,1H3,(H,17,19)/t14-/m1/s1. The highest BCUT2D eigenvalue weighted by Crippen LogP contribution is 2.31. The van der Waals surface area contributed by atoms with E-state index in [1.165, 1.54) is 7.11 Å². The van der Waals surface area contributed by atoms with E-state index in [0.717, 1.165) is 11.3 Å². The maximum absolute atomic E-state index is 12.0. The van der Waals surface area contributed by atoms with Crippen molar-refractivity contribution in [1.82, 2.24) is 5.32 Å². The van der Waals surface area contributed by atoms with E-state index < -0.39 is 0 Å². The van der Waals surface area contributed by atoms with Crippen LogP contribution >= 0.6 is 0 Å². The minimum Gasteiger partial charge on any atom is -0.504 e. The molecule has 0 bridgehead atoms. The predicted octanol–water partition coefficient (Wildman–Crippen LogP) is 2.25. The largest absolute Gasteiger partial charge is 0.504 e.